The number of aryl methyl sites for hydroxylation is 1. The molecule has 0 fully saturated rings. The number of ketones is 2. The Labute approximate surface area is 163 Å². The standard InChI is InChI=1S/C20H20O7S/c1-11-5-7-13(8-6-11)28(24,25)27-16-9-15-18(19(23)17(16)12(2)21)14(22)10-20(3,4)26-15/h5-9,23H,10H2,1-4H3. The van der Waals surface area contributed by atoms with Gasteiger partial charge in [0.15, 0.2) is 17.3 Å². The Morgan fingerprint density at radius 3 is 2.39 bits per heavy atom. The summed E-state index contributed by atoms with van der Waals surface area (Å²) in [6.45, 7) is 6.33. The minimum Gasteiger partial charge on any atom is -0.506 e. The zero-order valence-corrected chi connectivity index (χ0v) is 16.7. The van der Waals surface area contributed by atoms with E-state index < -0.39 is 38.8 Å². The van der Waals surface area contributed by atoms with Crippen molar-refractivity contribution in [3.63, 3.8) is 0 Å². The quantitative estimate of drug-likeness (QED) is 0.614. The van der Waals surface area contributed by atoms with Crippen molar-refractivity contribution in [2.24, 2.45) is 0 Å². The highest BCUT2D eigenvalue weighted by Crippen LogP contribution is 2.44. The van der Waals surface area contributed by atoms with E-state index in [1.165, 1.54) is 12.1 Å². The van der Waals surface area contributed by atoms with Gasteiger partial charge in [0, 0.05) is 6.07 Å². The first-order valence-corrected chi connectivity index (χ1v) is 9.96. The van der Waals surface area contributed by atoms with Gasteiger partial charge < -0.3 is 14.0 Å². The molecular weight excluding hydrogens is 384 g/mol. The number of ether oxygens (including phenoxy) is 1. The number of hydrogen-bond donors (Lipinski definition) is 1. The van der Waals surface area contributed by atoms with Gasteiger partial charge in [-0.1, -0.05) is 17.7 Å². The Balaban J connectivity index is 2.15. The number of phenolic OH excluding ortho intramolecular Hbond substituents is 1. The topological polar surface area (TPSA) is 107 Å². The molecule has 0 aliphatic carbocycles. The SMILES string of the molecule is CC(=O)c1c(OS(=O)(=O)c2ccc(C)cc2)cc2c(c1O)C(=O)CC(C)(C)O2. The lowest BCUT2D eigenvalue weighted by Crippen LogP contribution is -2.36. The molecule has 0 spiro atoms. The average molecular weight is 404 g/mol. The highest BCUT2D eigenvalue weighted by molar-refractivity contribution is 7.87. The fourth-order valence-electron chi connectivity index (χ4n) is 3.06. The summed E-state index contributed by atoms with van der Waals surface area (Å²) in [5.41, 5.74) is -0.513. The van der Waals surface area contributed by atoms with Crippen LogP contribution in [0.1, 0.15) is 53.5 Å². The molecule has 7 nitrogen and oxygen atoms in total. The molecular formula is C20H20O7S. The molecule has 0 radical (unpaired) electrons. The van der Waals surface area contributed by atoms with Gasteiger partial charge in [0.2, 0.25) is 0 Å². The summed E-state index contributed by atoms with van der Waals surface area (Å²) in [6.07, 6.45) is 0.00672. The van der Waals surface area contributed by atoms with Gasteiger partial charge in [-0.3, -0.25) is 9.59 Å². The van der Waals surface area contributed by atoms with E-state index in [9.17, 15) is 23.1 Å². The second-order valence-electron chi connectivity index (χ2n) is 7.34. The van der Waals surface area contributed by atoms with Crippen molar-refractivity contribution in [3.05, 3.63) is 47.0 Å². The van der Waals surface area contributed by atoms with Gasteiger partial charge in [0.25, 0.3) is 0 Å². The molecule has 1 heterocycles. The molecule has 0 saturated carbocycles. The summed E-state index contributed by atoms with van der Waals surface area (Å²) in [4.78, 5) is 24.4. The van der Waals surface area contributed by atoms with E-state index in [0.717, 1.165) is 18.6 Å². The number of hydrogen-bond acceptors (Lipinski definition) is 7. The van der Waals surface area contributed by atoms with Crippen LogP contribution in [0.5, 0.6) is 17.2 Å². The van der Waals surface area contributed by atoms with Crippen molar-refractivity contribution in [1.29, 1.82) is 0 Å². The normalized spacial score (nSPS) is 15.5. The maximum Gasteiger partial charge on any atom is 0.339 e. The van der Waals surface area contributed by atoms with Gasteiger partial charge in [-0.25, -0.2) is 0 Å². The molecule has 0 atom stereocenters. The lowest BCUT2D eigenvalue weighted by atomic mass is 9.90. The first kappa shape index (κ1) is 19.9. The number of fused-ring (bicyclic) bond motifs is 1. The van der Waals surface area contributed by atoms with Crippen LogP contribution in [0, 0.1) is 6.92 Å². The molecule has 0 amide bonds. The van der Waals surface area contributed by atoms with E-state index >= 15 is 0 Å². The molecule has 1 aliphatic heterocycles. The molecule has 28 heavy (non-hydrogen) atoms. The summed E-state index contributed by atoms with van der Waals surface area (Å²) in [7, 11) is -4.28. The fourth-order valence-corrected chi connectivity index (χ4v) is 3.99. The van der Waals surface area contributed by atoms with E-state index in [4.69, 9.17) is 8.92 Å². The summed E-state index contributed by atoms with van der Waals surface area (Å²) < 4.78 is 36.2. The summed E-state index contributed by atoms with van der Waals surface area (Å²) in [5, 5.41) is 10.5. The first-order valence-electron chi connectivity index (χ1n) is 8.55. The van der Waals surface area contributed by atoms with E-state index in [2.05, 4.69) is 0 Å². The number of carbonyl (C=O) groups is 2. The first-order chi connectivity index (χ1) is 12.9. The molecule has 0 bridgehead atoms. The molecule has 2 aromatic rings. The zero-order chi connectivity index (χ0) is 20.9. The number of benzene rings is 2. The van der Waals surface area contributed by atoms with E-state index in [1.54, 1.807) is 26.0 Å². The molecule has 8 heteroatoms. The van der Waals surface area contributed by atoms with Crippen LogP contribution in [-0.4, -0.2) is 30.7 Å². The molecule has 3 rings (SSSR count). The van der Waals surface area contributed by atoms with Gasteiger partial charge >= 0.3 is 10.1 Å². The lowest BCUT2D eigenvalue weighted by molar-refractivity contribution is 0.0613. The Hall–Kier alpha value is -2.87. The second kappa shape index (κ2) is 6.63. The van der Waals surface area contributed by atoms with Crippen LogP contribution in [0.4, 0.5) is 0 Å². The van der Waals surface area contributed by atoms with Crippen molar-refractivity contribution in [2.75, 3.05) is 0 Å². The average Bonchev–Trinajstić information content (AvgIpc) is 2.52. The van der Waals surface area contributed by atoms with Crippen LogP contribution >= 0.6 is 0 Å². The highest BCUT2D eigenvalue weighted by atomic mass is 32.2. The summed E-state index contributed by atoms with van der Waals surface area (Å²) >= 11 is 0. The van der Waals surface area contributed by atoms with E-state index in [1.807, 2.05) is 6.92 Å². The van der Waals surface area contributed by atoms with Gasteiger partial charge in [-0.05, 0) is 39.8 Å². The van der Waals surface area contributed by atoms with Crippen LogP contribution in [0.15, 0.2) is 35.2 Å². The number of Topliss-reactive ketones (excluding diaryl/α,β-unsaturated/α-hetero) is 2. The van der Waals surface area contributed by atoms with Gasteiger partial charge in [0.05, 0.1) is 6.42 Å². The summed E-state index contributed by atoms with van der Waals surface area (Å²) in [5.74, 6) is -2.11. The van der Waals surface area contributed by atoms with Crippen LogP contribution in [0.25, 0.3) is 0 Å². The molecule has 1 N–H and O–H groups in total. The van der Waals surface area contributed by atoms with Gasteiger partial charge in [0.1, 0.15) is 33.1 Å². The minimum atomic E-state index is -4.28. The van der Waals surface area contributed by atoms with Gasteiger partial charge in [-0.2, -0.15) is 8.42 Å². The van der Waals surface area contributed by atoms with Crippen LogP contribution < -0.4 is 8.92 Å². The maximum atomic E-state index is 12.6. The highest BCUT2D eigenvalue weighted by Gasteiger charge is 2.38. The Kier molecular flexibility index (Phi) is 4.71. The monoisotopic (exact) mass is 404 g/mol. The van der Waals surface area contributed by atoms with Crippen molar-refractivity contribution < 1.29 is 32.0 Å². The Bertz CT molecular complexity index is 1080. The van der Waals surface area contributed by atoms with Crippen molar-refractivity contribution in [1.82, 2.24) is 0 Å². The van der Waals surface area contributed by atoms with Gasteiger partial charge in [-0.15, -0.1) is 0 Å². The molecule has 0 saturated heterocycles. The Morgan fingerprint density at radius 2 is 1.82 bits per heavy atom. The maximum absolute atomic E-state index is 12.6. The zero-order valence-electron chi connectivity index (χ0n) is 15.9. The lowest BCUT2D eigenvalue weighted by Gasteiger charge is -2.32. The Morgan fingerprint density at radius 1 is 1.21 bits per heavy atom. The molecule has 148 valence electrons. The molecule has 0 aromatic heterocycles. The third kappa shape index (κ3) is 3.60. The number of aromatic hydroxyl groups is 1. The number of carbonyl (C=O) groups excluding carboxylic acids is 2. The predicted molar refractivity (Wildman–Crippen MR) is 101 cm³/mol. The molecule has 1 aliphatic rings. The third-order valence-corrected chi connectivity index (χ3v) is 5.59. The predicted octanol–water partition coefficient (Wildman–Crippen LogP) is 3.41. The summed E-state index contributed by atoms with van der Waals surface area (Å²) in [6, 6.07) is 7.13. The minimum absolute atomic E-state index is 0.00672. The van der Waals surface area contributed by atoms with Crippen LogP contribution in [-0.2, 0) is 10.1 Å². The van der Waals surface area contributed by atoms with Crippen molar-refractivity contribution in [3.8, 4) is 17.2 Å². The number of rotatable bonds is 4. The smallest absolute Gasteiger partial charge is 0.339 e. The van der Waals surface area contributed by atoms with Crippen molar-refractivity contribution in [2.45, 2.75) is 44.6 Å². The van der Waals surface area contributed by atoms with E-state index in [0.29, 0.717) is 0 Å². The third-order valence-electron chi connectivity index (χ3n) is 4.34. The molecule has 0 unspecified atom stereocenters. The fraction of sp³-hybridized carbons (Fsp3) is 0.300. The van der Waals surface area contributed by atoms with Crippen molar-refractivity contribution >= 4 is 21.7 Å². The van der Waals surface area contributed by atoms with Crippen LogP contribution in [0.2, 0.25) is 0 Å². The molecule has 2 aromatic carbocycles. The van der Waals surface area contributed by atoms with Crippen LogP contribution in [0.3, 0.4) is 0 Å². The second-order valence-corrected chi connectivity index (χ2v) is 8.89. The van der Waals surface area contributed by atoms with E-state index in [-0.39, 0.29) is 28.2 Å². The largest absolute Gasteiger partial charge is 0.506 e. The number of phenols is 1.